The second-order valence-electron chi connectivity index (χ2n) is 2.83. The van der Waals surface area contributed by atoms with Crippen LogP contribution in [-0.4, -0.2) is 11.5 Å². The summed E-state index contributed by atoms with van der Waals surface area (Å²) in [5.41, 5.74) is 0.551. The van der Waals surface area contributed by atoms with Crippen LogP contribution in [0.25, 0.3) is 11.0 Å². The number of fused-ring (bicyclic) bond motifs is 1. The Bertz CT molecular complexity index is 506. The molecule has 0 fully saturated rings. The average molecular weight is 273 g/mol. The van der Waals surface area contributed by atoms with E-state index in [-0.39, 0.29) is 17.1 Å². The molecule has 0 saturated heterocycles. The van der Waals surface area contributed by atoms with E-state index in [0.717, 1.165) is 0 Å². The van der Waals surface area contributed by atoms with Crippen molar-refractivity contribution in [2.75, 3.05) is 5.52 Å². The Morgan fingerprint density at radius 2 is 2.27 bits per heavy atom. The molecule has 0 amide bonds. The first-order valence-electron chi connectivity index (χ1n) is 4.13. The van der Waals surface area contributed by atoms with Crippen molar-refractivity contribution in [2.24, 2.45) is 0 Å². The van der Waals surface area contributed by atoms with Gasteiger partial charge in [-0.3, -0.25) is 0 Å². The standard InChI is InChI=1S/C10H6BrFO3/c11-5-14-10(13)9-4-6-3-7(12)1-2-8(6)15-9/h1-4H,5H2. The van der Waals surface area contributed by atoms with E-state index in [0.29, 0.717) is 11.0 Å². The van der Waals surface area contributed by atoms with Crippen LogP contribution in [0.5, 0.6) is 0 Å². The third-order valence-electron chi connectivity index (χ3n) is 1.87. The van der Waals surface area contributed by atoms with Crippen molar-refractivity contribution >= 4 is 32.9 Å². The maximum absolute atomic E-state index is 12.8. The van der Waals surface area contributed by atoms with Gasteiger partial charge >= 0.3 is 5.97 Å². The van der Waals surface area contributed by atoms with Gasteiger partial charge < -0.3 is 9.15 Å². The molecule has 1 heterocycles. The fourth-order valence-electron chi connectivity index (χ4n) is 1.24. The predicted molar refractivity (Wildman–Crippen MR) is 55.4 cm³/mol. The molecular formula is C10H6BrFO3. The molecule has 0 atom stereocenters. The molecule has 5 heteroatoms. The Labute approximate surface area is 92.9 Å². The summed E-state index contributed by atoms with van der Waals surface area (Å²) in [4.78, 5) is 11.3. The van der Waals surface area contributed by atoms with Gasteiger partial charge in [-0.15, -0.1) is 0 Å². The van der Waals surface area contributed by atoms with Crippen molar-refractivity contribution in [2.45, 2.75) is 0 Å². The molecule has 2 aromatic rings. The summed E-state index contributed by atoms with van der Waals surface area (Å²) < 4.78 is 22.7. The predicted octanol–water partition coefficient (Wildman–Crippen LogP) is 3.08. The molecule has 0 unspecified atom stereocenters. The lowest BCUT2D eigenvalue weighted by Gasteiger charge is -1.94. The Balaban J connectivity index is 2.42. The highest BCUT2D eigenvalue weighted by atomic mass is 79.9. The highest BCUT2D eigenvalue weighted by Crippen LogP contribution is 2.20. The molecule has 0 aliphatic rings. The smallest absolute Gasteiger partial charge is 0.375 e. The first kappa shape index (κ1) is 10.2. The van der Waals surface area contributed by atoms with Crippen LogP contribution in [0.3, 0.4) is 0 Å². The van der Waals surface area contributed by atoms with Crippen LogP contribution in [0.1, 0.15) is 10.6 Å². The molecule has 2 rings (SSSR count). The second-order valence-corrected chi connectivity index (χ2v) is 3.29. The number of esters is 1. The maximum atomic E-state index is 12.8. The fraction of sp³-hybridized carbons (Fsp3) is 0.100. The molecule has 0 bridgehead atoms. The second kappa shape index (κ2) is 4.02. The monoisotopic (exact) mass is 272 g/mol. The normalized spacial score (nSPS) is 10.5. The lowest BCUT2D eigenvalue weighted by atomic mass is 10.2. The van der Waals surface area contributed by atoms with Gasteiger partial charge in [0.05, 0.1) is 0 Å². The average Bonchev–Trinajstić information content (AvgIpc) is 2.60. The van der Waals surface area contributed by atoms with Crippen molar-refractivity contribution in [1.29, 1.82) is 0 Å². The summed E-state index contributed by atoms with van der Waals surface area (Å²) in [6.07, 6.45) is 0. The third-order valence-corrected chi connectivity index (χ3v) is 2.09. The summed E-state index contributed by atoms with van der Waals surface area (Å²) in [7, 11) is 0. The number of furan rings is 1. The zero-order valence-corrected chi connectivity index (χ0v) is 9.08. The minimum absolute atomic E-state index is 0.0649. The largest absolute Gasteiger partial charge is 0.449 e. The minimum Gasteiger partial charge on any atom is -0.449 e. The molecule has 0 spiro atoms. The molecule has 0 saturated carbocycles. The number of halogens is 2. The zero-order valence-electron chi connectivity index (χ0n) is 7.50. The van der Waals surface area contributed by atoms with Gasteiger partial charge in [0.25, 0.3) is 0 Å². The molecule has 15 heavy (non-hydrogen) atoms. The van der Waals surface area contributed by atoms with Gasteiger partial charge in [-0.25, -0.2) is 9.18 Å². The van der Waals surface area contributed by atoms with Gasteiger partial charge in [0.2, 0.25) is 5.76 Å². The summed E-state index contributed by atoms with van der Waals surface area (Å²) in [5.74, 6) is -0.887. The number of hydrogen-bond donors (Lipinski definition) is 0. The SMILES string of the molecule is O=C(OCBr)c1cc2cc(F)ccc2o1. The number of rotatable bonds is 2. The van der Waals surface area contributed by atoms with Crippen molar-refractivity contribution in [1.82, 2.24) is 0 Å². The van der Waals surface area contributed by atoms with E-state index in [2.05, 4.69) is 20.7 Å². The van der Waals surface area contributed by atoms with Crippen LogP contribution in [0, 0.1) is 5.82 Å². The Morgan fingerprint density at radius 1 is 1.47 bits per heavy atom. The van der Waals surface area contributed by atoms with Crippen LogP contribution < -0.4 is 0 Å². The number of carbonyl (C=O) groups is 1. The van der Waals surface area contributed by atoms with Gasteiger partial charge in [0.15, 0.2) is 0 Å². The van der Waals surface area contributed by atoms with E-state index in [1.54, 1.807) is 0 Å². The quantitative estimate of drug-likeness (QED) is 0.623. The van der Waals surface area contributed by atoms with Gasteiger partial charge in [-0.1, -0.05) is 0 Å². The highest BCUT2D eigenvalue weighted by Gasteiger charge is 2.13. The van der Waals surface area contributed by atoms with Crippen molar-refractivity contribution in [3.8, 4) is 0 Å². The molecule has 1 aromatic carbocycles. The van der Waals surface area contributed by atoms with Crippen LogP contribution in [0.15, 0.2) is 28.7 Å². The van der Waals surface area contributed by atoms with Gasteiger partial charge in [0, 0.05) is 5.39 Å². The van der Waals surface area contributed by atoms with Crippen LogP contribution in [-0.2, 0) is 4.74 Å². The van der Waals surface area contributed by atoms with E-state index in [9.17, 15) is 9.18 Å². The molecule has 3 nitrogen and oxygen atoms in total. The number of ether oxygens (including phenoxy) is 1. The van der Waals surface area contributed by atoms with E-state index in [1.807, 2.05) is 0 Å². The van der Waals surface area contributed by atoms with E-state index in [4.69, 9.17) is 4.42 Å². The summed E-state index contributed by atoms with van der Waals surface area (Å²) in [5, 5.41) is 0.538. The zero-order chi connectivity index (χ0) is 10.8. The molecule has 0 radical (unpaired) electrons. The molecule has 1 aromatic heterocycles. The summed E-state index contributed by atoms with van der Waals surface area (Å²) >= 11 is 2.96. The number of hydrogen-bond acceptors (Lipinski definition) is 3. The third kappa shape index (κ3) is 2.02. The van der Waals surface area contributed by atoms with Crippen molar-refractivity contribution in [3.05, 3.63) is 35.8 Å². The summed E-state index contributed by atoms with van der Waals surface area (Å²) in [6, 6.07) is 5.48. The Morgan fingerprint density at radius 3 is 3.00 bits per heavy atom. The lowest BCUT2D eigenvalue weighted by Crippen LogP contribution is -2.00. The summed E-state index contributed by atoms with van der Waals surface area (Å²) in [6.45, 7) is 0. The van der Waals surface area contributed by atoms with E-state index >= 15 is 0 Å². The first-order valence-corrected chi connectivity index (χ1v) is 5.25. The molecule has 0 N–H and O–H groups in total. The van der Waals surface area contributed by atoms with E-state index < -0.39 is 5.97 Å². The molecule has 78 valence electrons. The fourth-order valence-corrected chi connectivity index (χ4v) is 1.44. The number of alkyl halides is 1. The molecule has 0 aliphatic heterocycles. The molecule has 0 aliphatic carbocycles. The lowest BCUT2D eigenvalue weighted by molar-refractivity contribution is 0.0551. The van der Waals surface area contributed by atoms with Gasteiger partial charge in [-0.2, -0.15) is 0 Å². The number of benzene rings is 1. The highest BCUT2D eigenvalue weighted by molar-refractivity contribution is 9.09. The topological polar surface area (TPSA) is 39.4 Å². The minimum atomic E-state index is -0.580. The Hall–Kier alpha value is -1.36. The van der Waals surface area contributed by atoms with Crippen LogP contribution >= 0.6 is 15.9 Å². The van der Waals surface area contributed by atoms with Gasteiger partial charge in [0.1, 0.15) is 16.9 Å². The van der Waals surface area contributed by atoms with Crippen molar-refractivity contribution in [3.63, 3.8) is 0 Å². The van der Waals surface area contributed by atoms with Gasteiger partial charge in [-0.05, 0) is 40.2 Å². The van der Waals surface area contributed by atoms with Crippen molar-refractivity contribution < 1.29 is 18.3 Å². The van der Waals surface area contributed by atoms with Crippen LogP contribution in [0.4, 0.5) is 4.39 Å². The Kier molecular flexibility index (Phi) is 2.73. The van der Waals surface area contributed by atoms with Crippen LogP contribution in [0.2, 0.25) is 0 Å². The van der Waals surface area contributed by atoms with E-state index in [1.165, 1.54) is 24.3 Å². The maximum Gasteiger partial charge on any atom is 0.375 e. The number of carbonyl (C=O) groups excluding carboxylic acids is 1. The molecular weight excluding hydrogens is 267 g/mol. The first-order chi connectivity index (χ1) is 7.20.